The molecule has 0 unspecified atom stereocenters. The van der Waals surface area contributed by atoms with E-state index < -0.39 is 12.6 Å². The molecule has 2 heterocycles. The van der Waals surface area contributed by atoms with Gasteiger partial charge in [-0.25, -0.2) is 14.8 Å². The fourth-order valence-electron chi connectivity index (χ4n) is 5.27. The number of fused-ring (bicyclic) bond motifs is 3. The third-order valence-corrected chi connectivity index (χ3v) is 7.59. The first kappa shape index (κ1) is 32.5. The van der Waals surface area contributed by atoms with Crippen molar-refractivity contribution in [1.82, 2.24) is 24.3 Å². The van der Waals surface area contributed by atoms with E-state index in [2.05, 4.69) is 14.5 Å². The number of aliphatic carboxylic acids is 1. The Hall–Kier alpha value is -4.42. The van der Waals surface area contributed by atoms with Crippen molar-refractivity contribution in [3.63, 3.8) is 0 Å². The molecular weight excluding hydrogens is 564 g/mol. The lowest BCUT2D eigenvalue weighted by Crippen LogP contribution is -2.40. The van der Waals surface area contributed by atoms with Gasteiger partial charge in [-0.15, -0.1) is 0 Å². The first-order valence-corrected chi connectivity index (χ1v) is 14.8. The van der Waals surface area contributed by atoms with Crippen LogP contribution in [0.4, 0.5) is 5.82 Å². The van der Waals surface area contributed by atoms with Gasteiger partial charge in [0.1, 0.15) is 11.3 Å². The molecule has 2 aromatic heterocycles. The van der Waals surface area contributed by atoms with Gasteiger partial charge in [0, 0.05) is 38.6 Å². The largest absolute Gasteiger partial charge is 0.493 e. The molecular formula is C32H42N6O6. The Morgan fingerprint density at radius 3 is 2.52 bits per heavy atom. The van der Waals surface area contributed by atoms with E-state index in [4.69, 9.17) is 30.0 Å². The lowest BCUT2D eigenvalue weighted by Gasteiger charge is -2.27. The number of rotatable bonds is 17. The van der Waals surface area contributed by atoms with Crippen molar-refractivity contribution in [3.8, 4) is 11.5 Å². The van der Waals surface area contributed by atoms with Gasteiger partial charge in [-0.05, 0) is 43.3 Å². The zero-order valence-electron chi connectivity index (χ0n) is 25.9. The summed E-state index contributed by atoms with van der Waals surface area (Å²) in [5, 5.41) is 10.1. The molecule has 44 heavy (non-hydrogen) atoms. The maximum Gasteiger partial charge on any atom is 0.341 e. The van der Waals surface area contributed by atoms with Crippen LogP contribution < -0.4 is 15.2 Å². The zero-order chi connectivity index (χ0) is 31.6. The molecule has 0 saturated carbocycles. The van der Waals surface area contributed by atoms with Gasteiger partial charge in [-0.2, -0.15) is 0 Å². The van der Waals surface area contributed by atoms with E-state index in [-0.39, 0.29) is 5.91 Å². The van der Waals surface area contributed by atoms with Crippen molar-refractivity contribution in [2.24, 2.45) is 0 Å². The number of nitrogen functional groups attached to an aromatic ring is 1. The van der Waals surface area contributed by atoms with Crippen LogP contribution in [0.1, 0.15) is 31.7 Å². The molecule has 2 aromatic carbocycles. The number of anilines is 1. The van der Waals surface area contributed by atoms with Crippen molar-refractivity contribution in [2.45, 2.75) is 39.8 Å². The van der Waals surface area contributed by atoms with Gasteiger partial charge in [-0.1, -0.05) is 38.1 Å². The normalized spacial score (nSPS) is 11.4. The number of carbonyl (C=O) groups excluding carboxylic acids is 1. The lowest BCUT2D eigenvalue weighted by atomic mass is 10.1. The maximum absolute atomic E-state index is 13.6. The van der Waals surface area contributed by atoms with Crippen LogP contribution in [-0.2, 0) is 33.8 Å². The van der Waals surface area contributed by atoms with E-state index >= 15 is 0 Å². The van der Waals surface area contributed by atoms with Gasteiger partial charge in [0.05, 0.1) is 31.3 Å². The molecule has 4 aromatic rings. The van der Waals surface area contributed by atoms with Gasteiger partial charge >= 0.3 is 5.97 Å². The highest BCUT2D eigenvalue weighted by molar-refractivity contribution is 6.06. The van der Waals surface area contributed by atoms with Crippen LogP contribution in [0.2, 0.25) is 0 Å². The number of hydrogen-bond acceptors (Lipinski definition) is 9. The molecule has 12 nitrogen and oxygen atoms in total. The van der Waals surface area contributed by atoms with E-state index in [1.165, 1.54) is 7.11 Å². The number of carboxylic acid groups (broad SMARTS) is 1. The number of likely N-dealkylation sites (N-methyl/N-ethyl adjacent to an activating group) is 1. The van der Waals surface area contributed by atoms with Crippen molar-refractivity contribution >= 4 is 39.6 Å². The predicted molar refractivity (Wildman–Crippen MR) is 169 cm³/mol. The Morgan fingerprint density at radius 1 is 1.05 bits per heavy atom. The Bertz CT molecular complexity index is 1580. The summed E-state index contributed by atoms with van der Waals surface area (Å²) in [6.45, 7) is 7.32. The number of imidazole rings is 1. The second-order valence-electron chi connectivity index (χ2n) is 10.4. The molecule has 1 amide bonds. The number of hydrogen-bond donors (Lipinski definition) is 2. The number of aryl methyl sites for hydroxylation is 1. The average molecular weight is 607 g/mol. The average Bonchev–Trinajstić information content (AvgIpc) is 3.40. The summed E-state index contributed by atoms with van der Waals surface area (Å²) in [5.74, 6) is 0.889. The molecule has 0 atom stereocenters. The van der Waals surface area contributed by atoms with Crippen LogP contribution in [0.5, 0.6) is 11.5 Å². The predicted octanol–water partition coefficient (Wildman–Crippen LogP) is 3.59. The Balaban J connectivity index is 1.62. The minimum absolute atomic E-state index is 0.00603. The fraction of sp³-hybridized carbons (Fsp3) is 0.438. The maximum atomic E-state index is 13.6. The van der Waals surface area contributed by atoms with E-state index in [0.717, 1.165) is 40.9 Å². The van der Waals surface area contributed by atoms with Crippen molar-refractivity contribution in [2.75, 3.05) is 59.3 Å². The van der Waals surface area contributed by atoms with Gasteiger partial charge in [0.25, 0.3) is 0 Å². The second-order valence-corrected chi connectivity index (χ2v) is 10.4. The number of benzene rings is 2. The lowest BCUT2D eigenvalue weighted by molar-refractivity contribution is -0.139. The summed E-state index contributed by atoms with van der Waals surface area (Å²) in [5.41, 5.74) is 9.54. The van der Waals surface area contributed by atoms with Crippen LogP contribution in [0, 0.1) is 0 Å². The van der Waals surface area contributed by atoms with E-state index in [1.807, 2.05) is 49.1 Å². The van der Waals surface area contributed by atoms with Crippen LogP contribution in [0.3, 0.4) is 0 Å². The number of methoxy groups -OCH3 is 2. The summed E-state index contributed by atoms with van der Waals surface area (Å²) in [6.07, 6.45) is 1.26. The van der Waals surface area contributed by atoms with Crippen LogP contribution in [0.25, 0.3) is 21.9 Å². The van der Waals surface area contributed by atoms with E-state index in [1.54, 1.807) is 19.2 Å². The number of nitrogens with zero attached hydrogens (tertiary/aromatic N) is 5. The standard InChI is InChI=1S/C32H42N6O6/c1-5-36(6-2)20-28(39)37(19-22-12-13-25(43-4)26(18-22)44-21-29(40)41)15-9-16-38-27(14-17-42-3)35-30-31(38)23-10-7-8-11-24(23)34-32(30)33/h7-8,10-13,18H,5-6,9,14-17,19-21H2,1-4H3,(H2,33,34)(H,40,41). The number of aromatic nitrogens is 3. The third-order valence-electron chi connectivity index (χ3n) is 7.59. The highest BCUT2D eigenvalue weighted by Crippen LogP contribution is 2.30. The van der Waals surface area contributed by atoms with E-state index in [9.17, 15) is 9.59 Å². The highest BCUT2D eigenvalue weighted by Gasteiger charge is 2.20. The number of ether oxygens (including phenoxy) is 3. The highest BCUT2D eigenvalue weighted by atomic mass is 16.5. The number of amides is 1. The fourth-order valence-corrected chi connectivity index (χ4v) is 5.27. The third kappa shape index (κ3) is 7.74. The molecule has 0 aliphatic carbocycles. The summed E-state index contributed by atoms with van der Waals surface area (Å²) in [7, 11) is 3.16. The van der Waals surface area contributed by atoms with Crippen LogP contribution in [0.15, 0.2) is 42.5 Å². The van der Waals surface area contributed by atoms with Crippen LogP contribution in [-0.4, -0.2) is 94.9 Å². The number of carbonyl (C=O) groups is 2. The molecule has 0 radical (unpaired) electrons. The smallest absolute Gasteiger partial charge is 0.341 e. The number of pyridine rings is 1. The van der Waals surface area contributed by atoms with Crippen molar-refractivity contribution in [1.29, 1.82) is 0 Å². The monoisotopic (exact) mass is 606 g/mol. The van der Waals surface area contributed by atoms with E-state index in [0.29, 0.717) is 68.5 Å². The minimum Gasteiger partial charge on any atom is -0.493 e. The molecule has 0 saturated heterocycles. The quantitative estimate of drug-likeness (QED) is 0.183. The Labute approximate surface area is 257 Å². The Kier molecular flexibility index (Phi) is 11.3. The summed E-state index contributed by atoms with van der Waals surface area (Å²) in [6, 6.07) is 13.2. The number of carboxylic acids is 1. The van der Waals surface area contributed by atoms with Gasteiger partial charge < -0.3 is 34.5 Å². The summed E-state index contributed by atoms with van der Waals surface area (Å²) < 4.78 is 18.3. The minimum atomic E-state index is -1.09. The molecule has 4 rings (SSSR count). The second kappa shape index (κ2) is 15.3. The molecule has 0 bridgehead atoms. The number of nitrogens with two attached hydrogens (primary N) is 1. The zero-order valence-corrected chi connectivity index (χ0v) is 25.9. The first-order valence-electron chi connectivity index (χ1n) is 14.8. The molecule has 236 valence electrons. The van der Waals surface area contributed by atoms with Gasteiger partial charge in [0.15, 0.2) is 23.9 Å². The molecule has 0 spiro atoms. The number of para-hydroxylation sites is 1. The van der Waals surface area contributed by atoms with Gasteiger partial charge in [-0.3, -0.25) is 9.69 Å². The molecule has 0 aliphatic rings. The summed E-state index contributed by atoms with van der Waals surface area (Å²) >= 11 is 0. The molecule has 12 heteroatoms. The molecule has 0 fully saturated rings. The Morgan fingerprint density at radius 2 is 1.82 bits per heavy atom. The molecule has 0 aliphatic heterocycles. The van der Waals surface area contributed by atoms with Gasteiger partial charge in [0.2, 0.25) is 5.91 Å². The van der Waals surface area contributed by atoms with Crippen molar-refractivity contribution < 1.29 is 28.9 Å². The van der Waals surface area contributed by atoms with Crippen LogP contribution >= 0.6 is 0 Å². The summed E-state index contributed by atoms with van der Waals surface area (Å²) in [4.78, 5) is 38.1. The topological polar surface area (TPSA) is 145 Å². The first-order chi connectivity index (χ1) is 21.3. The van der Waals surface area contributed by atoms with Crippen molar-refractivity contribution in [3.05, 3.63) is 53.9 Å². The molecule has 3 N–H and O–H groups in total. The SMILES string of the molecule is CCN(CC)CC(=O)N(CCCn1c(CCOC)nc2c(N)nc3ccccc3c21)Cc1ccc(OC)c(OCC(=O)O)c1.